The maximum atomic E-state index is 13.6. The Bertz CT molecular complexity index is 1200. The van der Waals surface area contributed by atoms with Gasteiger partial charge in [0.15, 0.2) is 27.3 Å². The highest BCUT2D eigenvalue weighted by Gasteiger charge is 2.49. The van der Waals surface area contributed by atoms with Gasteiger partial charge < -0.3 is 10.5 Å². The summed E-state index contributed by atoms with van der Waals surface area (Å²) in [5.41, 5.74) is -0.408. The molecule has 0 radical (unpaired) electrons. The molecular formula is C22H20ClF3N2O4S. The molecule has 0 aromatic heterocycles. The molecule has 0 heterocycles. The van der Waals surface area contributed by atoms with Gasteiger partial charge >= 0.3 is 0 Å². The summed E-state index contributed by atoms with van der Waals surface area (Å²) in [4.78, 5) is 12.4. The van der Waals surface area contributed by atoms with Crippen LogP contribution in [0.15, 0.2) is 40.4 Å². The molecule has 4 rings (SSSR count). The van der Waals surface area contributed by atoms with Gasteiger partial charge in [0.25, 0.3) is 5.91 Å². The fourth-order valence-electron chi connectivity index (χ4n) is 5.08. The summed E-state index contributed by atoms with van der Waals surface area (Å²) < 4.78 is 67.1. The quantitative estimate of drug-likeness (QED) is 0.260. The molecule has 2 aromatic carbocycles. The minimum Gasteiger partial charge on any atom is -0.411 e. The van der Waals surface area contributed by atoms with Crippen LogP contribution in [-0.4, -0.2) is 31.0 Å². The zero-order valence-electron chi connectivity index (χ0n) is 17.1. The molecule has 2 aliphatic rings. The predicted octanol–water partition coefficient (Wildman–Crippen LogP) is 5.05. The molecule has 2 N–H and O–H groups in total. The Morgan fingerprint density at radius 3 is 2.27 bits per heavy atom. The standard InChI is InChI=1S/C22H20ClF3N2O4S/c23-16-4-3-14(22(29)28-15-8-17(24)20(26)18(25)9-15)7-19(16)33(31,32)21-12-1-2-13(21)6-11(5-12)10-27-30/h3-4,7-13,21,30H,1-2,5-6H2,(H,28,29)/b27-10+/t11-,12-,13?,21+/m0/s1. The van der Waals surface area contributed by atoms with E-state index >= 15 is 0 Å². The molecule has 0 spiro atoms. The molecule has 2 bridgehead atoms. The number of hydrogen-bond donors (Lipinski definition) is 2. The van der Waals surface area contributed by atoms with Crippen molar-refractivity contribution in [1.29, 1.82) is 0 Å². The minimum atomic E-state index is -3.90. The Hall–Kier alpha value is -2.59. The molecule has 0 saturated heterocycles. The highest BCUT2D eigenvalue weighted by Crippen LogP contribution is 2.49. The summed E-state index contributed by atoms with van der Waals surface area (Å²) in [5.74, 6) is -5.69. The molecule has 2 saturated carbocycles. The van der Waals surface area contributed by atoms with Gasteiger partial charge in [0.2, 0.25) is 0 Å². The highest BCUT2D eigenvalue weighted by molar-refractivity contribution is 7.92. The van der Waals surface area contributed by atoms with Crippen molar-refractivity contribution in [3.05, 3.63) is 58.4 Å². The normalized spacial score (nSPS) is 24.8. The number of fused-ring (bicyclic) bond motifs is 2. The summed E-state index contributed by atoms with van der Waals surface area (Å²) in [6, 6.07) is 4.95. The van der Waals surface area contributed by atoms with Gasteiger partial charge in [-0.15, -0.1) is 5.16 Å². The molecule has 1 amide bonds. The number of rotatable bonds is 5. The van der Waals surface area contributed by atoms with Gasteiger partial charge in [0.1, 0.15) is 0 Å². The van der Waals surface area contributed by atoms with Gasteiger partial charge in [-0.3, -0.25) is 4.79 Å². The van der Waals surface area contributed by atoms with Gasteiger partial charge in [0, 0.05) is 29.6 Å². The van der Waals surface area contributed by atoms with E-state index in [9.17, 15) is 26.4 Å². The van der Waals surface area contributed by atoms with E-state index in [1.54, 1.807) is 0 Å². The zero-order chi connectivity index (χ0) is 23.9. The Labute approximate surface area is 193 Å². The van der Waals surface area contributed by atoms with Crippen molar-refractivity contribution in [2.75, 3.05) is 5.32 Å². The Kier molecular flexibility index (Phi) is 6.41. The Morgan fingerprint density at radius 1 is 1.09 bits per heavy atom. The fourth-order valence-corrected chi connectivity index (χ4v) is 7.95. The summed E-state index contributed by atoms with van der Waals surface area (Å²) in [5, 5.41) is 13.4. The number of nitrogens with one attached hydrogen (secondary N) is 1. The molecule has 176 valence electrons. The lowest BCUT2D eigenvalue weighted by atomic mass is 9.81. The molecule has 2 fully saturated rings. The van der Waals surface area contributed by atoms with E-state index in [-0.39, 0.29) is 38.9 Å². The number of hydrogen-bond acceptors (Lipinski definition) is 5. The molecule has 0 aliphatic heterocycles. The number of benzene rings is 2. The molecule has 2 aliphatic carbocycles. The highest BCUT2D eigenvalue weighted by atomic mass is 35.5. The van der Waals surface area contributed by atoms with Crippen LogP contribution in [-0.2, 0) is 9.84 Å². The molecule has 6 nitrogen and oxygen atoms in total. The SMILES string of the molecule is O=C(Nc1cc(F)c(F)c(F)c1)c1ccc(Cl)c(S(=O)(=O)[C@H]2C3CC[C@H]2C[C@H](/C=N/O)C3)c1. The van der Waals surface area contributed by atoms with Gasteiger partial charge in [-0.1, -0.05) is 11.6 Å². The van der Waals surface area contributed by atoms with E-state index in [0.717, 1.165) is 18.9 Å². The van der Waals surface area contributed by atoms with Crippen molar-refractivity contribution in [3.63, 3.8) is 0 Å². The van der Waals surface area contributed by atoms with E-state index in [0.29, 0.717) is 25.0 Å². The number of halogens is 4. The average molecular weight is 501 g/mol. The first kappa shape index (κ1) is 23.6. The number of carbonyl (C=O) groups is 1. The first-order chi connectivity index (χ1) is 15.6. The van der Waals surface area contributed by atoms with E-state index in [2.05, 4.69) is 10.5 Å². The van der Waals surface area contributed by atoms with E-state index in [4.69, 9.17) is 16.8 Å². The van der Waals surface area contributed by atoms with E-state index in [1.807, 2.05) is 0 Å². The van der Waals surface area contributed by atoms with Gasteiger partial charge in [-0.2, -0.15) is 0 Å². The third-order valence-electron chi connectivity index (χ3n) is 6.43. The van der Waals surface area contributed by atoms with Gasteiger partial charge in [-0.05, 0) is 61.6 Å². The molecule has 4 atom stereocenters. The molecule has 33 heavy (non-hydrogen) atoms. The van der Waals surface area contributed by atoms with Crippen LogP contribution in [0.2, 0.25) is 5.02 Å². The van der Waals surface area contributed by atoms with Crippen LogP contribution >= 0.6 is 11.6 Å². The lowest BCUT2D eigenvalue weighted by Crippen LogP contribution is -2.38. The number of amides is 1. The maximum Gasteiger partial charge on any atom is 0.255 e. The van der Waals surface area contributed by atoms with Crippen LogP contribution in [0.5, 0.6) is 0 Å². The van der Waals surface area contributed by atoms with Crippen LogP contribution < -0.4 is 5.32 Å². The topological polar surface area (TPSA) is 95.8 Å². The second-order valence-corrected chi connectivity index (χ2v) is 10.9. The van der Waals surface area contributed by atoms with Crippen molar-refractivity contribution in [1.82, 2.24) is 0 Å². The average Bonchev–Trinajstić information content (AvgIpc) is 3.04. The number of oxime groups is 1. The minimum absolute atomic E-state index is 0.00281. The Morgan fingerprint density at radius 2 is 1.70 bits per heavy atom. The van der Waals surface area contributed by atoms with Crippen molar-refractivity contribution in [2.45, 2.75) is 35.8 Å². The van der Waals surface area contributed by atoms with E-state index < -0.39 is 38.4 Å². The summed E-state index contributed by atoms with van der Waals surface area (Å²) in [6.07, 6.45) is 4.04. The third kappa shape index (κ3) is 4.46. The fraction of sp³-hybridized carbons (Fsp3) is 0.364. The van der Waals surface area contributed by atoms with Crippen molar-refractivity contribution in [2.24, 2.45) is 22.9 Å². The monoisotopic (exact) mass is 500 g/mol. The summed E-state index contributed by atoms with van der Waals surface area (Å²) >= 11 is 6.21. The van der Waals surface area contributed by atoms with Crippen LogP contribution in [0.1, 0.15) is 36.0 Å². The van der Waals surface area contributed by atoms with Gasteiger partial charge in [-0.25, -0.2) is 21.6 Å². The van der Waals surface area contributed by atoms with E-state index in [1.165, 1.54) is 18.3 Å². The smallest absolute Gasteiger partial charge is 0.255 e. The third-order valence-corrected chi connectivity index (χ3v) is 9.30. The van der Waals surface area contributed by atoms with Crippen molar-refractivity contribution in [3.8, 4) is 0 Å². The molecule has 2 aromatic rings. The summed E-state index contributed by atoms with van der Waals surface area (Å²) in [6.45, 7) is 0. The lowest BCUT2D eigenvalue weighted by Gasteiger charge is -2.33. The van der Waals surface area contributed by atoms with Gasteiger partial charge in [0.05, 0.1) is 15.2 Å². The first-order valence-corrected chi connectivity index (χ1v) is 12.2. The van der Waals surface area contributed by atoms with Crippen LogP contribution in [0.25, 0.3) is 0 Å². The number of nitrogens with zero attached hydrogens (tertiary/aromatic N) is 1. The lowest BCUT2D eigenvalue weighted by molar-refractivity contribution is 0.102. The predicted molar refractivity (Wildman–Crippen MR) is 116 cm³/mol. The first-order valence-electron chi connectivity index (χ1n) is 10.3. The van der Waals surface area contributed by atoms with Crippen molar-refractivity contribution >= 4 is 39.2 Å². The second-order valence-electron chi connectivity index (χ2n) is 8.46. The number of sulfone groups is 1. The zero-order valence-corrected chi connectivity index (χ0v) is 18.7. The van der Waals surface area contributed by atoms with Crippen LogP contribution in [0.3, 0.4) is 0 Å². The van der Waals surface area contributed by atoms with Crippen LogP contribution in [0.4, 0.5) is 18.9 Å². The Balaban J connectivity index is 1.61. The number of anilines is 1. The molecule has 11 heteroatoms. The van der Waals surface area contributed by atoms with Crippen molar-refractivity contribution < 1.29 is 31.6 Å². The largest absolute Gasteiger partial charge is 0.411 e. The summed E-state index contributed by atoms with van der Waals surface area (Å²) in [7, 11) is -3.90. The molecule has 1 unspecified atom stereocenters. The number of carbonyl (C=O) groups excluding carboxylic acids is 1. The second kappa shape index (κ2) is 8.98. The van der Waals surface area contributed by atoms with Crippen LogP contribution in [0, 0.1) is 35.2 Å². The molecular weight excluding hydrogens is 481 g/mol. The maximum absolute atomic E-state index is 13.6.